The lowest BCUT2D eigenvalue weighted by Crippen LogP contribution is -2.36. The number of carbonyl (C=O) groups excluding carboxylic acids is 2. The first-order valence-electron chi connectivity index (χ1n) is 8.77. The molecule has 0 saturated carbocycles. The second kappa shape index (κ2) is 10.0. The zero-order valence-electron chi connectivity index (χ0n) is 15.6. The molecule has 1 saturated heterocycles. The Kier molecular flexibility index (Phi) is 7.13. The monoisotopic (exact) mass is 508 g/mol. The molecule has 158 valence electrons. The van der Waals surface area contributed by atoms with Gasteiger partial charge in [0, 0.05) is 10.6 Å². The summed E-state index contributed by atoms with van der Waals surface area (Å²) in [6, 6.07) is 10.0. The van der Waals surface area contributed by atoms with Crippen LogP contribution in [-0.4, -0.2) is 37.8 Å². The largest absolute Gasteiger partial charge is 0.299 e. The first-order valence-corrected chi connectivity index (χ1v) is 12.7. The van der Waals surface area contributed by atoms with Crippen LogP contribution in [-0.2, 0) is 15.3 Å². The van der Waals surface area contributed by atoms with Crippen LogP contribution in [0.3, 0.4) is 0 Å². The average Bonchev–Trinajstić information content (AvgIpc) is 3.47. The number of carbonyl (C=O) groups is 2. The molecule has 1 aliphatic heterocycles. The number of nitrogens with zero attached hydrogens (tertiary/aromatic N) is 3. The Morgan fingerprint density at radius 3 is 2.81 bits per heavy atom. The van der Waals surface area contributed by atoms with Gasteiger partial charge in [-0.05, 0) is 35.2 Å². The molecule has 6 nitrogen and oxygen atoms in total. The maximum Gasteiger partial charge on any atom is 0.266 e. The van der Waals surface area contributed by atoms with Crippen molar-refractivity contribution in [1.29, 1.82) is 0 Å². The summed E-state index contributed by atoms with van der Waals surface area (Å²) in [4.78, 5) is 27.7. The molecule has 0 atom stereocenters. The van der Waals surface area contributed by atoms with Gasteiger partial charge in [-0.2, -0.15) is 0 Å². The van der Waals surface area contributed by atoms with E-state index in [1.54, 1.807) is 18.2 Å². The van der Waals surface area contributed by atoms with Crippen LogP contribution in [0.15, 0.2) is 51.0 Å². The number of thiophene rings is 1. The molecular formula is C19H13FN4O2S5. The molecule has 1 aromatic carbocycles. The number of benzene rings is 1. The third kappa shape index (κ3) is 5.77. The number of anilines is 1. The molecule has 3 aromatic rings. The van der Waals surface area contributed by atoms with Gasteiger partial charge >= 0.3 is 0 Å². The molecule has 3 heterocycles. The zero-order valence-corrected chi connectivity index (χ0v) is 19.7. The first kappa shape index (κ1) is 22.1. The van der Waals surface area contributed by atoms with Gasteiger partial charge in [-0.15, -0.1) is 21.5 Å². The minimum absolute atomic E-state index is 0.190. The highest BCUT2D eigenvalue weighted by Gasteiger charge is 2.33. The Bertz CT molecular complexity index is 1140. The Balaban J connectivity index is 1.31. The average molecular weight is 509 g/mol. The minimum atomic E-state index is -0.403. The topological polar surface area (TPSA) is 75.2 Å². The van der Waals surface area contributed by atoms with Crippen LogP contribution in [0.2, 0.25) is 0 Å². The lowest BCUT2D eigenvalue weighted by molar-refractivity contribution is -0.126. The fraction of sp³-hybridized carbons (Fsp3) is 0.105. The fourth-order valence-corrected chi connectivity index (χ4v) is 6.19. The van der Waals surface area contributed by atoms with E-state index < -0.39 is 5.91 Å². The van der Waals surface area contributed by atoms with E-state index in [2.05, 4.69) is 15.5 Å². The number of amides is 2. The summed E-state index contributed by atoms with van der Waals surface area (Å²) >= 11 is 10.6. The molecule has 2 amide bonds. The van der Waals surface area contributed by atoms with Crippen molar-refractivity contribution in [2.24, 2.45) is 0 Å². The van der Waals surface area contributed by atoms with Crippen molar-refractivity contribution in [3.63, 3.8) is 0 Å². The fourth-order valence-electron chi connectivity index (χ4n) is 2.49. The van der Waals surface area contributed by atoms with Crippen molar-refractivity contribution in [2.75, 3.05) is 11.9 Å². The maximum atomic E-state index is 13.0. The molecule has 0 radical (unpaired) electrons. The van der Waals surface area contributed by atoms with E-state index in [0.717, 1.165) is 10.4 Å². The van der Waals surface area contributed by atoms with E-state index in [0.29, 0.717) is 24.4 Å². The first-order chi connectivity index (χ1) is 15.0. The highest BCUT2D eigenvalue weighted by molar-refractivity contribution is 8.26. The van der Waals surface area contributed by atoms with Gasteiger partial charge < -0.3 is 0 Å². The molecule has 0 unspecified atom stereocenters. The van der Waals surface area contributed by atoms with Crippen LogP contribution in [0.25, 0.3) is 6.08 Å². The molecule has 0 aliphatic carbocycles. The number of hydrogen-bond donors (Lipinski definition) is 1. The Labute approximate surface area is 198 Å². The van der Waals surface area contributed by atoms with Crippen LogP contribution in [0.4, 0.5) is 9.52 Å². The number of aromatic nitrogens is 2. The summed E-state index contributed by atoms with van der Waals surface area (Å²) in [7, 11) is 0. The number of hydrogen-bond acceptors (Lipinski definition) is 9. The minimum Gasteiger partial charge on any atom is -0.299 e. The number of thiocarbonyl (C=S) groups is 1. The summed E-state index contributed by atoms with van der Waals surface area (Å²) in [6.07, 6.45) is 1.78. The molecule has 4 rings (SSSR count). The molecule has 1 fully saturated rings. The van der Waals surface area contributed by atoms with E-state index in [4.69, 9.17) is 12.2 Å². The van der Waals surface area contributed by atoms with Gasteiger partial charge in [0.15, 0.2) is 4.34 Å². The van der Waals surface area contributed by atoms with Gasteiger partial charge in [0.25, 0.3) is 5.91 Å². The highest BCUT2D eigenvalue weighted by Crippen LogP contribution is 2.33. The van der Waals surface area contributed by atoms with Crippen LogP contribution in [0.1, 0.15) is 10.4 Å². The van der Waals surface area contributed by atoms with Crippen LogP contribution in [0.5, 0.6) is 0 Å². The summed E-state index contributed by atoms with van der Waals surface area (Å²) < 4.78 is 14.0. The van der Waals surface area contributed by atoms with Crippen LogP contribution in [0, 0.1) is 5.82 Å². The second-order valence-electron chi connectivity index (χ2n) is 6.12. The molecule has 12 heteroatoms. The summed E-state index contributed by atoms with van der Waals surface area (Å²) in [5.41, 5.74) is 0.956. The Morgan fingerprint density at radius 1 is 1.26 bits per heavy atom. The molecule has 1 aliphatic rings. The van der Waals surface area contributed by atoms with Gasteiger partial charge in [-0.3, -0.25) is 19.8 Å². The lowest BCUT2D eigenvalue weighted by atomic mass is 10.2. The van der Waals surface area contributed by atoms with Gasteiger partial charge in [0.2, 0.25) is 11.0 Å². The van der Waals surface area contributed by atoms with Crippen molar-refractivity contribution in [2.45, 2.75) is 10.1 Å². The normalized spacial score (nSPS) is 15.1. The highest BCUT2D eigenvalue weighted by atomic mass is 32.2. The predicted octanol–water partition coefficient (Wildman–Crippen LogP) is 4.87. The molecular weight excluding hydrogens is 496 g/mol. The van der Waals surface area contributed by atoms with Gasteiger partial charge in [-0.1, -0.05) is 65.3 Å². The summed E-state index contributed by atoms with van der Waals surface area (Å²) in [5, 5.41) is 12.9. The summed E-state index contributed by atoms with van der Waals surface area (Å²) in [6.45, 7) is -0.190. The van der Waals surface area contributed by atoms with Gasteiger partial charge in [-0.25, -0.2) is 4.39 Å². The zero-order chi connectivity index (χ0) is 21.8. The van der Waals surface area contributed by atoms with E-state index in [9.17, 15) is 14.0 Å². The molecule has 0 spiro atoms. The Hall–Kier alpha value is -2.12. The van der Waals surface area contributed by atoms with Crippen LogP contribution < -0.4 is 5.32 Å². The molecule has 1 N–H and O–H groups in total. The molecule has 2 aromatic heterocycles. The van der Waals surface area contributed by atoms with Crippen molar-refractivity contribution >= 4 is 85.8 Å². The van der Waals surface area contributed by atoms with Crippen molar-refractivity contribution < 1.29 is 14.0 Å². The number of rotatable bonds is 7. The maximum absolute atomic E-state index is 13.0. The van der Waals surface area contributed by atoms with Gasteiger partial charge in [0.05, 0.1) is 4.91 Å². The van der Waals surface area contributed by atoms with E-state index in [1.165, 1.54) is 63.2 Å². The number of nitrogens with one attached hydrogen (secondary N) is 1. The van der Waals surface area contributed by atoms with Crippen molar-refractivity contribution in [3.8, 4) is 0 Å². The molecule has 0 bridgehead atoms. The second-order valence-corrected chi connectivity index (χ2v) is 11.0. The third-order valence-corrected chi connectivity index (χ3v) is 8.16. The van der Waals surface area contributed by atoms with E-state index >= 15 is 0 Å². The summed E-state index contributed by atoms with van der Waals surface area (Å²) in [5.74, 6) is -0.361. The third-order valence-electron chi connectivity index (χ3n) is 3.92. The standard InChI is InChI=1S/C19H13FN4O2S5/c20-12-5-3-11(4-6-12)10-29-18-23-22-17(31-18)21-15(25)9-24-16(26)14(30-19(24)27)8-13-2-1-7-28-13/h1-8H,9-10H2,(H,21,22,25)/b14-8-. The molecule has 31 heavy (non-hydrogen) atoms. The smallest absolute Gasteiger partial charge is 0.266 e. The van der Waals surface area contributed by atoms with Crippen molar-refractivity contribution in [1.82, 2.24) is 15.1 Å². The SMILES string of the molecule is O=C(CN1C(=O)/C(=C/c2cccs2)SC1=S)Nc1nnc(SCc2ccc(F)cc2)s1. The van der Waals surface area contributed by atoms with Crippen LogP contribution >= 0.6 is 58.4 Å². The Morgan fingerprint density at radius 2 is 2.06 bits per heavy atom. The van der Waals surface area contributed by atoms with Gasteiger partial charge in [0.1, 0.15) is 16.7 Å². The number of thioether (sulfide) groups is 2. The lowest BCUT2D eigenvalue weighted by Gasteiger charge is -2.13. The predicted molar refractivity (Wildman–Crippen MR) is 129 cm³/mol. The van der Waals surface area contributed by atoms with E-state index in [1.807, 2.05) is 17.5 Å². The number of halogens is 1. The van der Waals surface area contributed by atoms with Crippen molar-refractivity contribution in [3.05, 3.63) is 62.9 Å². The van der Waals surface area contributed by atoms with E-state index in [-0.39, 0.29) is 18.3 Å². The quantitative estimate of drug-likeness (QED) is 0.211.